The Bertz CT molecular complexity index is 1020. The zero-order valence-corrected chi connectivity index (χ0v) is 17.1. The van der Waals surface area contributed by atoms with E-state index in [-0.39, 0.29) is 29.2 Å². The number of amides is 1. The molecule has 0 aliphatic rings. The normalized spacial score (nSPS) is 13.3. The largest absolute Gasteiger partial charge is 0.508 e. The Morgan fingerprint density at radius 2 is 2.07 bits per heavy atom. The zero-order valence-electron chi connectivity index (χ0n) is 17.1. The monoisotopic (exact) mass is 396 g/mol. The quantitative estimate of drug-likeness (QED) is 0.543. The van der Waals surface area contributed by atoms with E-state index < -0.39 is 0 Å². The molecule has 3 aromatic rings. The summed E-state index contributed by atoms with van der Waals surface area (Å²) in [5.41, 5.74) is 2.25. The predicted molar refractivity (Wildman–Crippen MR) is 113 cm³/mol. The molecule has 0 bridgehead atoms. The number of hydrogen-bond acceptors (Lipinski definition) is 4. The number of rotatable bonds is 8. The number of imidazole rings is 1. The van der Waals surface area contributed by atoms with Gasteiger partial charge in [-0.25, -0.2) is 4.98 Å². The zero-order chi connectivity index (χ0) is 21.0. The first-order valence-corrected chi connectivity index (χ1v) is 10.0. The number of H-pyrrole nitrogens is 1. The summed E-state index contributed by atoms with van der Waals surface area (Å²) in [4.78, 5) is 32.6. The molecule has 7 heteroatoms. The van der Waals surface area contributed by atoms with Gasteiger partial charge in [0.1, 0.15) is 11.6 Å². The second-order valence-corrected chi connectivity index (χ2v) is 7.52. The van der Waals surface area contributed by atoms with Crippen LogP contribution in [0.15, 0.2) is 41.2 Å². The van der Waals surface area contributed by atoms with E-state index in [0.717, 1.165) is 23.3 Å². The summed E-state index contributed by atoms with van der Waals surface area (Å²) in [5, 5.41) is 12.6. The summed E-state index contributed by atoms with van der Waals surface area (Å²) in [6.07, 6.45) is 1.74. The number of pyridine rings is 1. The van der Waals surface area contributed by atoms with Gasteiger partial charge in [-0.15, -0.1) is 0 Å². The van der Waals surface area contributed by atoms with Gasteiger partial charge in [0.2, 0.25) is 5.91 Å². The Hall–Kier alpha value is -3.09. The van der Waals surface area contributed by atoms with Crippen LogP contribution in [-0.2, 0) is 11.3 Å². The molecular weight excluding hydrogens is 368 g/mol. The molecule has 2 heterocycles. The van der Waals surface area contributed by atoms with E-state index in [1.54, 1.807) is 17.6 Å². The van der Waals surface area contributed by atoms with Crippen molar-refractivity contribution in [2.75, 3.05) is 0 Å². The van der Waals surface area contributed by atoms with Gasteiger partial charge in [-0.05, 0) is 37.5 Å². The molecule has 3 N–H and O–H groups in total. The first-order chi connectivity index (χ1) is 13.9. The lowest BCUT2D eigenvalue weighted by Gasteiger charge is -2.22. The van der Waals surface area contributed by atoms with Crippen molar-refractivity contribution in [1.82, 2.24) is 19.9 Å². The highest BCUT2D eigenvalue weighted by Gasteiger charge is 2.23. The van der Waals surface area contributed by atoms with E-state index >= 15 is 0 Å². The maximum Gasteiger partial charge on any atom is 0.254 e. The fourth-order valence-corrected chi connectivity index (χ4v) is 3.48. The van der Waals surface area contributed by atoms with E-state index in [1.807, 2.05) is 24.3 Å². The van der Waals surface area contributed by atoms with E-state index in [0.29, 0.717) is 25.1 Å². The highest BCUT2D eigenvalue weighted by molar-refractivity contribution is 5.77. The number of carbonyl (C=O) groups is 1. The summed E-state index contributed by atoms with van der Waals surface area (Å²) in [6, 6.07) is 10.3. The maximum atomic E-state index is 12.6. The van der Waals surface area contributed by atoms with Gasteiger partial charge in [-0.3, -0.25) is 9.59 Å². The van der Waals surface area contributed by atoms with Crippen molar-refractivity contribution in [3.8, 4) is 5.75 Å². The number of aryl methyl sites for hydroxylation is 1. The van der Waals surface area contributed by atoms with Crippen molar-refractivity contribution in [2.24, 2.45) is 5.92 Å². The third-order valence-corrected chi connectivity index (χ3v) is 5.34. The molecule has 0 saturated heterocycles. The molecule has 29 heavy (non-hydrogen) atoms. The van der Waals surface area contributed by atoms with Crippen LogP contribution in [0.3, 0.4) is 0 Å². The topological polar surface area (TPSA) is 100 Å². The molecule has 0 saturated carbocycles. The average molecular weight is 396 g/mol. The van der Waals surface area contributed by atoms with Crippen LogP contribution in [0.1, 0.15) is 50.7 Å². The van der Waals surface area contributed by atoms with E-state index in [1.165, 1.54) is 6.07 Å². The predicted octanol–water partition coefficient (Wildman–Crippen LogP) is 3.42. The van der Waals surface area contributed by atoms with Crippen LogP contribution in [0.4, 0.5) is 0 Å². The molecule has 7 nitrogen and oxygen atoms in total. The van der Waals surface area contributed by atoms with Gasteiger partial charge in [-0.2, -0.15) is 0 Å². The molecule has 2 atom stereocenters. The van der Waals surface area contributed by atoms with Crippen molar-refractivity contribution >= 4 is 16.9 Å². The SMILES string of the molecule is CC[C@H](C)[C@H](NC(=O)CCCn1c(C)cc(O)cc1=O)c1nc2ccccc2[nH]1. The summed E-state index contributed by atoms with van der Waals surface area (Å²) in [7, 11) is 0. The number of benzene rings is 1. The molecule has 0 fully saturated rings. The van der Waals surface area contributed by atoms with Gasteiger partial charge in [-0.1, -0.05) is 32.4 Å². The molecular formula is C22H28N4O3. The molecule has 1 amide bonds. The number of nitrogens with one attached hydrogen (secondary N) is 2. The standard InChI is InChI=1S/C22H28N4O3/c1-4-14(2)21(22-23-17-8-5-6-9-18(17)24-22)25-19(28)10-7-11-26-15(3)12-16(27)13-20(26)29/h5-6,8-9,12-14,21,27H,4,7,10-11H2,1-3H3,(H,23,24)(H,25,28)/t14-,21-/m0/s1. The van der Waals surface area contributed by atoms with Crippen LogP contribution in [0.2, 0.25) is 0 Å². The number of aromatic nitrogens is 3. The molecule has 0 aliphatic carbocycles. The van der Waals surface area contributed by atoms with Crippen molar-refractivity contribution in [2.45, 2.75) is 52.6 Å². The molecule has 0 unspecified atom stereocenters. The summed E-state index contributed by atoms with van der Waals surface area (Å²) >= 11 is 0. The lowest BCUT2D eigenvalue weighted by atomic mass is 9.98. The molecule has 3 rings (SSSR count). The Kier molecular flexibility index (Phi) is 6.36. The second kappa shape index (κ2) is 8.94. The summed E-state index contributed by atoms with van der Waals surface area (Å²) < 4.78 is 1.57. The number of carbonyl (C=O) groups excluding carboxylic acids is 1. The van der Waals surface area contributed by atoms with Crippen LogP contribution in [0.5, 0.6) is 5.75 Å². The van der Waals surface area contributed by atoms with Crippen LogP contribution >= 0.6 is 0 Å². The van der Waals surface area contributed by atoms with Gasteiger partial charge in [0.15, 0.2) is 0 Å². The minimum Gasteiger partial charge on any atom is -0.508 e. The Labute approximate surface area is 169 Å². The maximum absolute atomic E-state index is 12.6. The van der Waals surface area contributed by atoms with Crippen molar-refractivity contribution in [3.05, 3.63) is 58.3 Å². The van der Waals surface area contributed by atoms with Gasteiger partial charge in [0, 0.05) is 24.7 Å². The summed E-state index contributed by atoms with van der Waals surface area (Å²) in [5.74, 6) is 0.880. The van der Waals surface area contributed by atoms with Gasteiger partial charge in [0.25, 0.3) is 5.56 Å². The van der Waals surface area contributed by atoms with Crippen molar-refractivity contribution < 1.29 is 9.90 Å². The van der Waals surface area contributed by atoms with E-state index in [2.05, 4.69) is 29.1 Å². The number of para-hydroxylation sites is 2. The molecule has 1 aromatic carbocycles. The number of aromatic amines is 1. The first kappa shape index (κ1) is 20.6. The highest BCUT2D eigenvalue weighted by atomic mass is 16.3. The average Bonchev–Trinajstić information content (AvgIpc) is 3.11. The number of hydrogen-bond donors (Lipinski definition) is 3. The molecule has 0 spiro atoms. The third kappa shape index (κ3) is 4.85. The van der Waals surface area contributed by atoms with Crippen LogP contribution in [0.25, 0.3) is 11.0 Å². The lowest BCUT2D eigenvalue weighted by Crippen LogP contribution is -2.33. The highest BCUT2D eigenvalue weighted by Crippen LogP contribution is 2.24. The smallest absolute Gasteiger partial charge is 0.254 e. The lowest BCUT2D eigenvalue weighted by molar-refractivity contribution is -0.122. The molecule has 0 aliphatic heterocycles. The first-order valence-electron chi connectivity index (χ1n) is 10.0. The van der Waals surface area contributed by atoms with Gasteiger partial charge in [0.05, 0.1) is 17.1 Å². The summed E-state index contributed by atoms with van der Waals surface area (Å²) in [6.45, 7) is 6.38. The fourth-order valence-electron chi connectivity index (χ4n) is 3.48. The number of aromatic hydroxyl groups is 1. The molecule has 0 radical (unpaired) electrons. The number of fused-ring (bicyclic) bond motifs is 1. The van der Waals surface area contributed by atoms with Gasteiger partial charge < -0.3 is 20.0 Å². The Balaban J connectivity index is 1.65. The van der Waals surface area contributed by atoms with E-state index in [4.69, 9.17) is 0 Å². The minimum absolute atomic E-state index is 0.0382. The number of nitrogens with zero attached hydrogens (tertiary/aromatic N) is 2. The Morgan fingerprint density at radius 1 is 1.31 bits per heavy atom. The third-order valence-electron chi connectivity index (χ3n) is 5.34. The van der Waals surface area contributed by atoms with E-state index in [9.17, 15) is 14.7 Å². The van der Waals surface area contributed by atoms with Crippen molar-refractivity contribution in [1.29, 1.82) is 0 Å². The minimum atomic E-state index is -0.261. The van der Waals surface area contributed by atoms with Crippen LogP contribution in [-0.4, -0.2) is 25.5 Å². The van der Waals surface area contributed by atoms with Gasteiger partial charge >= 0.3 is 0 Å². The van der Waals surface area contributed by atoms with Crippen molar-refractivity contribution in [3.63, 3.8) is 0 Å². The Morgan fingerprint density at radius 3 is 2.76 bits per heavy atom. The van der Waals surface area contributed by atoms with Crippen LogP contribution in [0, 0.1) is 12.8 Å². The fraction of sp³-hybridized carbons (Fsp3) is 0.409. The molecule has 2 aromatic heterocycles. The van der Waals surface area contributed by atoms with Crippen LogP contribution < -0.4 is 10.9 Å². The second-order valence-electron chi connectivity index (χ2n) is 7.52. The molecule has 154 valence electrons.